The van der Waals surface area contributed by atoms with Gasteiger partial charge in [0.25, 0.3) is 0 Å². The molecule has 0 radical (unpaired) electrons. The summed E-state index contributed by atoms with van der Waals surface area (Å²) >= 11 is 3.38. The molecule has 0 aliphatic carbocycles. The molecule has 80 valence electrons. The van der Waals surface area contributed by atoms with E-state index in [1.807, 2.05) is 18.2 Å². The highest BCUT2D eigenvalue weighted by Gasteiger charge is 2.02. The maximum Gasteiger partial charge on any atom is 0.136 e. The number of nitriles is 1. The fourth-order valence-electron chi connectivity index (χ4n) is 1.33. The van der Waals surface area contributed by atoms with Gasteiger partial charge in [-0.25, -0.2) is 0 Å². The number of nitrogens with zero attached hydrogens (tertiary/aromatic N) is 1. The van der Waals surface area contributed by atoms with Gasteiger partial charge in [-0.2, -0.15) is 5.26 Å². The maximum absolute atomic E-state index is 8.75. The molecule has 0 amide bonds. The van der Waals surface area contributed by atoms with Gasteiger partial charge in [0.2, 0.25) is 0 Å². The number of hydrogen-bond donors (Lipinski definition) is 1. The van der Waals surface area contributed by atoms with Crippen LogP contribution in [-0.2, 0) is 6.54 Å². The lowest BCUT2D eigenvalue weighted by Gasteiger charge is -2.04. The smallest absolute Gasteiger partial charge is 0.136 e. The monoisotopic (exact) mass is 276 g/mol. The third kappa shape index (κ3) is 2.44. The summed E-state index contributed by atoms with van der Waals surface area (Å²) in [7, 11) is 0. The Labute approximate surface area is 102 Å². The van der Waals surface area contributed by atoms with E-state index in [1.165, 1.54) is 0 Å². The van der Waals surface area contributed by atoms with Crippen molar-refractivity contribution in [1.82, 2.24) is 0 Å². The third-order valence-corrected chi connectivity index (χ3v) is 2.84. The average Bonchev–Trinajstić information content (AvgIpc) is 2.72. The molecule has 0 spiro atoms. The Bertz CT molecular complexity index is 528. The zero-order valence-corrected chi connectivity index (χ0v) is 9.99. The minimum absolute atomic E-state index is 0.586. The summed E-state index contributed by atoms with van der Waals surface area (Å²) < 4.78 is 6.21. The molecule has 0 unspecified atom stereocenters. The van der Waals surface area contributed by atoms with Crippen LogP contribution >= 0.6 is 15.9 Å². The van der Waals surface area contributed by atoms with Crippen LogP contribution < -0.4 is 5.32 Å². The summed E-state index contributed by atoms with van der Waals surface area (Å²) in [5.41, 5.74) is 1.55. The Morgan fingerprint density at radius 2 is 2.25 bits per heavy atom. The molecule has 0 aliphatic rings. The molecular formula is C12H9BrN2O. The lowest BCUT2D eigenvalue weighted by Crippen LogP contribution is -1.98. The van der Waals surface area contributed by atoms with E-state index in [-0.39, 0.29) is 0 Å². The van der Waals surface area contributed by atoms with E-state index in [2.05, 4.69) is 27.3 Å². The van der Waals surface area contributed by atoms with Gasteiger partial charge in [0, 0.05) is 5.69 Å². The fraction of sp³-hybridized carbons (Fsp3) is 0.0833. The van der Waals surface area contributed by atoms with Crippen LogP contribution in [0.2, 0.25) is 0 Å². The van der Waals surface area contributed by atoms with Crippen LogP contribution in [-0.4, -0.2) is 0 Å². The van der Waals surface area contributed by atoms with Crippen molar-refractivity contribution in [3.05, 3.63) is 52.4 Å². The summed E-state index contributed by atoms with van der Waals surface area (Å²) in [6.45, 7) is 0.586. The van der Waals surface area contributed by atoms with Crippen molar-refractivity contribution in [3.63, 3.8) is 0 Å². The summed E-state index contributed by atoms with van der Waals surface area (Å²) in [5, 5.41) is 11.9. The molecule has 3 nitrogen and oxygen atoms in total. The molecule has 0 saturated carbocycles. The van der Waals surface area contributed by atoms with Crippen LogP contribution in [0.3, 0.4) is 0 Å². The lowest BCUT2D eigenvalue weighted by atomic mass is 10.2. The number of rotatable bonds is 3. The van der Waals surface area contributed by atoms with Gasteiger partial charge < -0.3 is 9.73 Å². The van der Waals surface area contributed by atoms with Gasteiger partial charge >= 0.3 is 0 Å². The molecule has 0 saturated heterocycles. The Morgan fingerprint density at radius 3 is 2.94 bits per heavy atom. The third-order valence-electron chi connectivity index (χ3n) is 2.14. The quantitative estimate of drug-likeness (QED) is 0.933. The zero-order chi connectivity index (χ0) is 11.4. The number of anilines is 1. The Hall–Kier alpha value is -1.73. The van der Waals surface area contributed by atoms with E-state index < -0.39 is 0 Å². The minimum atomic E-state index is 0.586. The predicted molar refractivity (Wildman–Crippen MR) is 64.9 cm³/mol. The molecule has 16 heavy (non-hydrogen) atoms. The molecule has 0 fully saturated rings. The van der Waals surface area contributed by atoms with E-state index in [0.29, 0.717) is 12.1 Å². The maximum atomic E-state index is 8.75. The van der Waals surface area contributed by atoms with E-state index in [9.17, 15) is 0 Å². The second-order valence-electron chi connectivity index (χ2n) is 3.24. The fourth-order valence-corrected chi connectivity index (χ4v) is 1.67. The van der Waals surface area contributed by atoms with Crippen molar-refractivity contribution >= 4 is 21.6 Å². The van der Waals surface area contributed by atoms with Crippen LogP contribution in [0.15, 0.2) is 45.5 Å². The van der Waals surface area contributed by atoms with E-state index in [0.717, 1.165) is 15.9 Å². The lowest BCUT2D eigenvalue weighted by molar-refractivity contribution is 0.516. The topological polar surface area (TPSA) is 49.0 Å². The molecular weight excluding hydrogens is 268 g/mol. The van der Waals surface area contributed by atoms with Gasteiger partial charge in [-0.1, -0.05) is 6.07 Å². The molecule has 0 aliphatic heterocycles. The van der Waals surface area contributed by atoms with Crippen LogP contribution in [0.4, 0.5) is 5.69 Å². The first-order chi connectivity index (χ1) is 7.79. The van der Waals surface area contributed by atoms with Crippen LogP contribution in [0.25, 0.3) is 0 Å². The molecule has 0 bridgehead atoms. The second-order valence-corrected chi connectivity index (χ2v) is 4.09. The van der Waals surface area contributed by atoms with Crippen LogP contribution in [0.5, 0.6) is 0 Å². The summed E-state index contributed by atoms with van der Waals surface area (Å²) in [5.74, 6) is 0.836. The predicted octanol–water partition coefficient (Wildman–Crippen LogP) is 3.53. The Morgan fingerprint density at radius 1 is 1.38 bits per heavy atom. The van der Waals surface area contributed by atoms with Crippen LogP contribution in [0.1, 0.15) is 11.3 Å². The molecule has 1 aromatic heterocycles. The van der Waals surface area contributed by atoms with E-state index in [4.69, 9.17) is 9.68 Å². The van der Waals surface area contributed by atoms with Gasteiger partial charge in [-0.15, -0.1) is 0 Å². The number of hydrogen-bond acceptors (Lipinski definition) is 3. The molecule has 4 heteroatoms. The van der Waals surface area contributed by atoms with Gasteiger partial charge in [0.1, 0.15) is 5.76 Å². The molecule has 2 rings (SSSR count). The largest absolute Gasteiger partial charge is 0.466 e. The van der Waals surface area contributed by atoms with E-state index >= 15 is 0 Å². The van der Waals surface area contributed by atoms with Crippen molar-refractivity contribution in [1.29, 1.82) is 5.26 Å². The van der Waals surface area contributed by atoms with Gasteiger partial charge in [-0.3, -0.25) is 0 Å². The Kier molecular flexibility index (Phi) is 3.28. The normalized spacial score (nSPS) is 9.75. The zero-order valence-electron chi connectivity index (χ0n) is 8.40. The first-order valence-electron chi connectivity index (χ1n) is 4.75. The van der Waals surface area contributed by atoms with Crippen molar-refractivity contribution in [3.8, 4) is 6.07 Å². The van der Waals surface area contributed by atoms with Crippen molar-refractivity contribution in [2.75, 3.05) is 5.32 Å². The van der Waals surface area contributed by atoms with Crippen molar-refractivity contribution < 1.29 is 4.42 Å². The highest BCUT2D eigenvalue weighted by atomic mass is 79.9. The van der Waals surface area contributed by atoms with Crippen molar-refractivity contribution in [2.45, 2.75) is 6.54 Å². The van der Waals surface area contributed by atoms with Crippen molar-refractivity contribution in [2.24, 2.45) is 0 Å². The van der Waals surface area contributed by atoms with E-state index in [1.54, 1.807) is 18.4 Å². The SMILES string of the molecule is N#Cc1cccc(NCc2occc2Br)c1. The highest BCUT2D eigenvalue weighted by Crippen LogP contribution is 2.19. The second kappa shape index (κ2) is 4.86. The van der Waals surface area contributed by atoms with Gasteiger partial charge in [-0.05, 0) is 40.2 Å². The number of halogens is 1. The number of furan rings is 1. The number of benzene rings is 1. The van der Waals surface area contributed by atoms with Gasteiger partial charge in [0.15, 0.2) is 0 Å². The number of nitrogens with one attached hydrogen (secondary N) is 1. The van der Waals surface area contributed by atoms with Crippen LogP contribution in [0, 0.1) is 11.3 Å². The first-order valence-corrected chi connectivity index (χ1v) is 5.55. The Balaban J connectivity index is 2.05. The molecule has 1 N–H and O–H groups in total. The highest BCUT2D eigenvalue weighted by molar-refractivity contribution is 9.10. The average molecular weight is 277 g/mol. The summed E-state index contributed by atoms with van der Waals surface area (Å²) in [4.78, 5) is 0. The first kappa shape index (κ1) is 10.8. The van der Waals surface area contributed by atoms with Gasteiger partial charge in [0.05, 0.1) is 28.9 Å². The molecule has 0 atom stereocenters. The summed E-state index contributed by atoms with van der Waals surface area (Å²) in [6, 6.07) is 11.3. The summed E-state index contributed by atoms with van der Waals surface area (Å²) in [6.07, 6.45) is 1.63. The molecule has 2 aromatic rings. The minimum Gasteiger partial charge on any atom is -0.466 e. The standard InChI is InChI=1S/C12H9BrN2O/c13-11-4-5-16-12(11)8-15-10-3-1-2-9(6-10)7-14/h1-6,15H,8H2. The molecule has 1 heterocycles. The molecule has 1 aromatic carbocycles.